The molecule has 2 N–H and O–H groups in total. The van der Waals surface area contributed by atoms with Gasteiger partial charge in [0, 0.05) is 19.5 Å². The number of carbonyl (C=O) groups is 2. The van der Waals surface area contributed by atoms with E-state index in [9.17, 15) is 9.59 Å². The molecule has 0 spiro atoms. The van der Waals surface area contributed by atoms with Crippen LogP contribution in [-0.4, -0.2) is 34.5 Å². The molecule has 0 aliphatic heterocycles. The number of carbonyl (C=O) groups excluding carboxylic acids is 1. The van der Waals surface area contributed by atoms with E-state index in [1.54, 1.807) is 0 Å². The van der Waals surface area contributed by atoms with Crippen LogP contribution in [0.15, 0.2) is 0 Å². The number of aliphatic carboxylic acids is 1. The highest BCUT2D eigenvalue weighted by Gasteiger charge is 2.17. The Hall–Kier alpha value is -0.710. The molecule has 0 aliphatic rings. The maximum Gasteiger partial charge on any atom is 0.327 e. The van der Waals surface area contributed by atoms with Crippen molar-refractivity contribution >= 4 is 23.6 Å². The zero-order valence-corrected chi connectivity index (χ0v) is 7.27. The summed E-state index contributed by atoms with van der Waals surface area (Å²) < 4.78 is 35.3. The second-order valence-electron chi connectivity index (χ2n) is 2.00. The molecule has 12 heavy (non-hydrogen) atoms. The fourth-order valence-corrected chi connectivity index (χ4v) is 1.02. The number of carboxylic acids is 1. The first kappa shape index (κ1) is 5.11. The van der Waals surface area contributed by atoms with Gasteiger partial charge >= 0.3 is 5.97 Å². The molecule has 0 unspecified atom stereocenters. The first-order valence-corrected chi connectivity index (χ1v) is 4.10. The summed E-state index contributed by atoms with van der Waals surface area (Å²) in [5.41, 5.74) is -2.56. The van der Waals surface area contributed by atoms with Gasteiger partial charge in [0.15, 0.2) is 0 Å². The number of hydrogen-bond donors (Lipinski definition) is 2. The maximum atomic E-state index is 10.7. The fourth-order valence-electron chi connectivity index (χ4n) is 0.545. The van der Waals surface area contributed by atoms with Crippen LogP contribution >= 0.6 is 11.8 Å². The maximum absolute atomic E-state index is 10.7. The molecule has 5 heteroatoms. The third-order valence-electron chi connectivity index (χ3n) is 0.998. The molecule has 0 rings (SSSR count). The smallest absolute Gasteiger partial charge is 0.327 e. The zero-order chi connectivity index (χ0) is 13.9. The minimum absolute atomic E-state index is 0.339. The molecule has 0 aliphatic carbocycles. The van der Waals surface area contributed by atoms with Crippen molar-refractivity contribution in [1.29, 1.82) is 0 Å². The number of amides is 1. The average molecular weight is 196 g/mol. The van der Waals surface area contributed by atoms with Crippen molar-refractivity contribution in [3.05, 3.63) is 0 Å². The van der Waals surface area contributed by atoms with Crippen LogP contribution < -0.4 is 5.32 Å². The van der Waals surface area contributed by atoms with E-state index in [-0.39, 0.29) is 5.75 Å². The Morgan fingerprint density at radius 3 is 2.92 bits per heavy atom. The van der Waals surface area contributed by atoms with Gasteiger partial charge < -0.3 is 10.4 Å². The van der Waals surface area contributed by atoms with Gasteiger partial charge in [-0.25, -0.2) is 4.79 Å². The van der Waals surface area contributed by atoms with Crippen molar-refractivity contribution in [1.82, 2.24) is 5.32 Å². The summed E-state index contributed by atoms with van der Waals surface area (Å²) in [5.74, 6) is -2.28. The van der Waals surface area contributed by atoms with Crippen LogP contribution in [0.1, 0.15) is 20.6 Å². The first-order valence-electron chi connectivity index (χ1n) is 5.61. The standard InChI is InChI=1S/C7H13NO3S/c1-3-12-4-6(7(10)11)8-5(2)9/h6H,3-4H2,1-2H3,(H,8,9)(H,10,11)/t6-/m0/s1/i1D3,3D2. The van der Waals surface area contributed by atoms with Crippen molar-refractivity contribution in [2.75, 3.05) is 11.5 Å². The van der Waals surface area contributed by atoms with Crippen LogP contribution in [-0.2, 0) is 9.59 Å². The molecule has 0 saturated heterocycles. The lowest BCUT2D eigenvalue weighted by Crippen LogP contribution is -2.41. The molecule has 0 radical (unpaired) electrons. The van der Waals surface area contributed by atoms with E-state index in [0.29, 0.717) is 11.8 Å². The van der Waals surface area contributed by atoms with E-state index >= 15 is 0 Å². The average Bonchev–Trinajstić information content (AvgIpc) is 2.09. The number of hydrogen-bond acceptors (Lipinski definition) is 3. The molecule has 1 atom stereocenters. The van der Waals surface area contributed by atoms with Gasteiger partial charge in [-0.05, 0) is 5.70 Å². The summed E-state index contributed by atoms with van der Waals surface area (Å²) in [7, 11) is 0. The largest absolute Gasteiger partial charge is 0.480 e. The van der Waals surface area contributed by atoms with Gasteiger partial charge in [0.25, 0.3) is 0 Å². The van der Waals surface area contributed by atoms with E-state index in [4.69, 9.17) is 12.0 Å². The minimum atomic E-state index is -2.85. The normalized spacial score (nSPS) is 20.6. The minimum Gasteiger partial charge on any atom is -0.480 e. The summed E-state index contributed by atoms with van der Waals surface area (Å²) in [6.45, 7) is -1.73. The van der Waals surface area contributed by atoms with Gasteiger partial charge in [0.05, 0.1) is 0 Å². The van der Waals surface area contributed by atoms with E-state index in [0.717, 1.165) is 6.92 Å². The molecule has 0 heterocycles. The number of nitrogens with one attached hydrogen (secondary N) is 1. The van der Waals surface area contributed by atoms with Gasteiger partial charge in [-0.3, -0.25) is 4.79 Å². The summed E-state index contributed by atoms with van der Waals surface area (Å²) in [6, 6.07) is -1.31. The summed E-state index contributed by atoms with van der Waals surface area (Å²) >= 11 is 0.339. The van der Waals surface area contributed by atoms with Crippen LogP contribution in [0, 0.1) is 0 Å². The first-order chi connectivity index (χ1) is 7.47. The Balaban J connectivity index is 4.51. The molecule has 0 aromatic carbocycles. The zero-order valence-electron chi connectivity index (χ0n) is 11.5. The molecule has 0 fully saturated rings. The second-order valence-corrected chi connectivity index (χ2v) is 2.83. The Kier molecular flexibility index (Phi) is 2.51. The van der Waals surface area contributed by atoms with Crippen molar-refractivity contribution in [3.63, 3.8) is 0 Å². The van der Waals surface area contributed by atoms with Gasteiger partial charge in [-0.1, -0.05) is 6.85 Å². The number of thioether (sulfide) groups is 1. The molecule has 0 aromatic rings. The van der Waals surface area contributed by atoms with Crippen molar-refractivity contribution in [2.45, 2.75) is 19.8 Å². The van der Waals surface area contributed by atoms with Crippen molar-refractivity contribution < 1.29 is 21.5 Å². The fraction of sp³-hybridized carbons (Fsp3) is 0.714. The van der Waals surface area contributed by atoms with E-state index in [1.165, 1.54) is 0 Å². The van der Waals surface area contributed by atoms with Crippen LogP contribution in [0.4, 0.5) is 0 Å². The van der Waals surface area contributed by atoms with Crippen molar-refractivity contribution in [3.8, 4) is 0 Å². The molecular formula is C7H13NO3S. The molecular weight excluding hydrogens is 178 g/mol. The van der Waals surface area contributed by atoms with Crippen LogP contribution in [0.3, 0.4) is 0 Å². The number of carboxylic acid groups (broad SMARTS) is 1. The quantitative estimate of drug-likeness (QED) is 0.665. The predicted octanol–water partition coefficient (Wildman–Crippen LogP) is 0.329. The molecule has 1 amide bonds. The third kappa shape index (κ3) is 5.01. The van der Waals surface area contributed by atoms with Crippen molar-refractivity contribution in [2.24, 2.45) is 0 Å². The second kappa shape index (κ2) is 5.88. The topological polar surface area (TPSA) is 66.4 Å². The predicted molar refractivity (Wildman–Crippen MR) is 48.2 cm³/mol. The van der Waals surface area contributed by atoms with E-state index in [2.05, 4.69) is 5.32 Å². The molecule has 0 saturated carbocycles. The monoisotopic (exact) mass is 196 g/mol. The van der Waals surface area contributed by atoms with Gasteiger partial charge in [-0.15, -0.1) is 0 Å². The molecule has 0 bridgehead atoms. The Morgan fingerprint density at radius 2 is 2.50 bits per heavy atom. The van der Waals surface area contributed by atoms with Crippen LogP contribution in [0.5, 0.6) is 0 Å². The Morgan fingerprint density at radius 1 is 1.83 bits per heavy atom. The van der Waals surface area contributed by atoms with E-state index < -0.39 is 30.5 Å². The highest BCUT2D eigenvalue weighted by Crippen LogP contribution is 2.01. The summed E-state index contributed by atoms with van der Waals surface area (Å²) in [4.78, 5) is 21.4. The van der Waals surface area contributed by atoms with Crippen LogP contribution in [0.2, 0.25) is 0 Å². The molecule has 70 valence electrons. The highest BCUT2D eigenvalue weighted by atomic mass is 32.2. The van der Waals surface area contributed by atoms with Gasteiger partial charge in [0.2, 0.25) is 5.91 Å². The SMILES string of the molecule is [2H]C([2H])([2H])C([2H])([2H])SC[C@H](NC(C)=O)C(=O)O. The van der Waals surface area contributed by atoms with Crippen LogP contribution in [0.25, 0.3) is 0 Å². The van der Waals surface area contributed by atoms with Gasteiger partial charge in [-0.2, -0.15) is 11.8 Å². The summed E-state index contributed by atoms with van der Waals surface area (Å²) in [6.07, 6.45) is 0. The lowest BCUT2D eigenvalue weighted by molar-refractivity contribution is -0.140. The van der Waals surface area contributed by atoms with Gasteiger partial charge in [0.1, 0.15) is 6.04 Å². The summed E-state index contributed by atoms with van der Waals surface area (Å²) in [5, 5.41) is 10.8. The highest BCUT2D eigenvalue weighted by molar-refractivity contribution is 7.99. The third-order valence-corrected chi connectivity index (χ3v) is 1.64. The molecule has 4 nitrogen and oxygen atoms in total. The Bertz CT molecular complexity index is 306. The lowest BCUT2D eigenvalue weighted by atomic mass is 10.3. The van der Waals surface area contributed by atoms with E-state index in [1.807, 2.05) is 0 Å². The Labute approximate surface area is 82.7 Å². The lowest BCUT2D eigenvalue weighted by Gasteiger charge is -2.11. The number of rotatable bonds is 5. The molecule has 0 aromatic heterocycles.